The summed E-state index contributed by atoms with van der Waals surface area (Å²) in [5.41, 5.74) is 0.642. The van der Waals surface area contributed by atoms with Gasteiger partial charge in [-0.1, -0.05) is 55.4 Å². The fraction of sp³-hybridized carbons (Fsp3) is 0.641. The van der Waals surface area contributed by atoms with Crippen LogP contribution in [-0.4, -0.2) is 117 Å². The second-order valence-corrected chi connectivity index (χ2v) is 21.7. The van der Waals surface area contributed by atoms with Gasteiger partial charge < -0.3 is 63.3 Å². The fourth-order valence-corrected chi connectivity index (χ4v) is 7.60. The number of imidazole rings is 2. The molecule has 19 nitrogen and oxygen atoms in total. The zero-order chi connectivity index (χ0) is 43.4. The Bertz CT molecular complexity index is 2190. The van der Waals surface area contributed by atoms with Gasteiger partial charge in [-0.15, -0.1) is 0 Å². The second-order valence-electron chi connectivity index (χ2n) is 16.9. The number of aliphatic hydroxyl groups is 2. The molecular formula is C39H60N8O11Si. The van der Waals surface area contributed by atoms with Crippen LogP contribution >= 0.6 is 0 Å². The Kier molecular flexibility index (Phi) is 14.7. The number of aromatic amines is 2. The summed E-state index contributed by atoms with van der Waals surface area (Å²) in [6.45, 7) is 21.1. The lowest BCUT2D eigenvalue weighted by Gasteiger charge is -2.39. The molecule has 0 aliphatic carbocycles. The number of anilines is 2. The molecule has 4 aromatic heterocycles. The molecule has 2 amide bonds. The number of pyridine rings is 2. The van der Waals surface area contributed by atoms with Crippen LogP contribution in [0, 0.1) is 11.8 Å². The average Bonchev–Trinajstić information content (AvgIpc) is 3.95. The molecule has 6 rings (SSSR count). The average molecular weight is 845 g/mol. The van der Waals surface area contributed by atoms with E-state index in [1.165, 1.54) is 6.33 Å². The van der Waals surface area contributed by atoms with Crippen LogP contribution in [0.3, 0.4) is 0 Å². The predicted molar refractivity (Wildman–Crippen MR) is 223 cm³/mol. The van der Waals surface area contributed by atoms with Crippen molar-refractivity contribution in [1.82, 2.24) is 29.1 Å². The van der Waals surface area contributed by atoms with Crippen LogP contribution in [-0.2, 0) is 33.0 Å². The molecule has 6 heterocycles. The lowest BCUT2D eigenvalue weighted by Crippen LogP contribution is -2.47. The minimum Gasteiger partial charge on any atom is -0.409 e. The van der Waals surface area contributed by atoms with Crippen molar-refractivity contribution in [2.45, 2.75) is 117 Å². The molecule has 0 radical (unpaired) electrons. The molecule has 2 saturated heterocycles. The Hall–Kier alpha value is -4.28. The van der Waals surface area contributed by atoms with Gasteiger partial charge in [0.05, 0.1) is 56.2 Å². The van der Waals surface area contributed by atoms with E-state index in [-0.39, 0.29) is 83.1 Å². The normalized spacial score (nSPS) is 22.3. The number of hydrogen-bond donors (Lipinski definition) is 6. The summed E-state index contributed by atoms with van der Waals surface area (Å²) in [7, 11) is -2.05. The molecule has 0 saturated carbocycles. The number of ether oxygens (including phenoxy) is 4. The van der Waals surface area contributed by atoms with Gasteiger partial charge in [-0.3, -0.25) is 19.2 Å². The number of aliphatic hydroxyl groups excluding tert-OH is 2. The molecule has 59 heavy (non-hydrogen) atoms. The van der Waals surface area contributed by atoms with Gasteiger partial charge in [0.2, 0.25) is 11.8 Å². The first-order valence-electron chi connectivity index (χ1n) is 20.0. The van der Waals surface area contributed by atoms with Gasteiger partial charge in [-0.25, -0.2) is 9.97 Å². The highest BCUT2D eigenvalue weighted by Crippen LogP contribution is 2.41. The number of fused-ring (bicyclic) bond motifs is 2. The van der Waals surface area contributed by atoms with E-state index >= 15 is 0 Å². The maximum absolute atomic E-state index is 12.6. The van der Waals surface area contributed by atoms with E-state index < -0.39 is 38.5 Å². The first-order chi connectivity index (χ1) is 27.8. The lowest BCUT2D eigenvalue weighted by atomic mass is 10.2. The molecular weight excluding hydrogens is 785 g/mol. The number of aromatic nitrogens is 6. The lowest BCUT2D eigenvalue weighted by molar-refractivity contribution is -0.119. The van der Waals surface area contributed by atoms with E-state index in [4.69, 9.17) is 28.5 Å². The summed E-state index contributed by atoms with van der Waals surface area (Å²) in [5.74, 6) is -0.306. The molecule has 0 spiro atoms. The van der Waals surface area contributed by atoms with Crippen LogP contribution in [0.15, 0.2) is 34.4 Å². The molecule has 2 fully saturated rings. The highest BCUT2D eigenvalue weighted by atomic mass is 28.4. The van der Waals surface area contributed by atoms with E-state index in [0.29, 0.717) is 30.1 Å². The number of carbonyl (C=O) groups is 2. The SMILES string of the molecule is CC(C)C(=O)Nc1cc2c(ncn2[C@@H]2OCC(O)[C@@H]2OCCO)c(=O)[nH]1.CCCO[C@H]1C(O[Si](C)(C)C(C)(C)C)CO[C@H]1n1cnc2c(=O)[nH]c(NC(=O)C(C)C)cc21. The van der Waals surface area contributed by atoms with Crippen LogP contribution in [0.1, 0.15) is 74.3 Å². The van der Waals surface area contributed by atoms with E-state index in [1.807, 2.05) is 4.57 Å². The van der Waals surface area contributed by atoms with E-state index in [9.17, 15) is 24.3 Å². The standard InChI is InChI=1S/C23H38N4O5Si.C16H22N4O6/c1-9-10-30-19-16(32-33(7,8)23(4,5)6)12-31-22(19)27-13-24-18-15(27)11-17(26-21(18)29)25-20(28)14(2)3;1-8(2)14(23)18-11-5-9-12(15(24)19-11)17-7-20(9)16-13(25-4-3-21)10(22)6-26-16/h11,13-14,16,19,22H,9-10,12H2,1-8H3,(H2,25,26,28,29);5,7-8,10,13,16,21-22H,3-4,6H2,1-2H3,(H2,18,19,23,24)/t16?,19-,22+;10?,13-,16+/m00/s1. The minimum absolute atomic E-state index is 0.0461. The maximum atomic E-state index is 12.6. The topological polar surface area (TPSA) is 246 Å². The van der Waals surface area contributed by atoms with Crippen LogP contribution in [0.2, 0.25) is 18.1 Å². The summed E-state index contributed by atoms with van der Waals surface area (Å²) in [4.78, 5) is 62.6. The molecule has 6 N–H and O–H groups in total. The summed E-state index contributed by atoms with van der Waals surface area (Å²) in [5, 5.41) is 24.5. The third kappa shape index (κ3) is 10.4. The van der Waals surface area contributed by atoms with Crippen LogP contribution in [0.25, 0.3) is 22.1 Å². The summed E-state index contributed by atoms with van der Waals surface area (Å²) in [6.07, 6.45) is 0.529. The van der Waals surface area contributed by atoms with Gasteiger partial charge in [0.1, 0.15) is 29.9 Å². The summed E-state index contributed by atoms with van der Waals surface area (Å²) in [6, 6.07) is 3.30. The fourth-order valence-electron chi connectivity index (χ4n) is 6.28. The molecule has 2 aliphatic rings. The molecule has 6 atom stereocenters. The van der Waals surface area contributed by atoms with Gasteiger partial charge in [-0.2, -0.15) is 0 Å². The van der Waals surface area contributed by atoms with Crippen molar-refractivity contribution >= 4 is 53.8 Å². The van der Waals surface area contributed by atoms with Gasteiger partial charge in [0.25, 0.3) is 11.1 Å². The molecule has 4 aromatic rings. The molecule has 2 aliphatic heterocycles. The maximum Gasteiger partial charge on any atom is 0.277 e. The Balaban J connectivity index is 0.000000230. The van der Waals surface area contributed by atoms with Gasteiger partial charge in [-0.05, 0) is 24.6 Å². The number of rotatable bonds is 14. The smallest absolute Gasteiger partial charge is 0.277 e. The first-order valence-corrected chi connectivity index (χ1v) is 22.9. The largest absolute Gasteiger partial charge is 0.409 e. The summed E-state index contributed by atoms with van der Waals surface area (Å²) >= 11 is 0. The number of hydrogen-bond acceptors (Lipinski definition) is 13. The number of H-pyrrole nitrogens is 2. The van der Waals surface area contributed by atoms with Crippen molar-refractivity contribution in [2.75, 3.05) is 43.7 Å². The monoisotopic (exact) mass is 844 g/mol. The molecule has 20 heteroatoms. The van der Waals surface area contributed by atoms with Gasteiger partial charge in [0, 0.05) is 30.6 Å². The third-order valence-corrected chi connectivity index (χ3v) is 15.1. The van der Waals surface area contributed by atoms with E-state index in [0.717, 1.165) is 6.42 Å². The Labute approximate surface area is 343 Å². The van der Waals surface area contributed by atoms with Crippen LogP contribution in [0.4, 0.5) is 11.6 Å². The predicted octanol–water partition coefficient (Wildman–Crippen LogP) is 3.62. The molecule has 2 unspecified atom stereocenters. The van der Waals surface area contributed by atoms with Crippen molar-refractivity contribution in [2.24, 2.45) is 11.8 Å². The highest BCUT2D eigenvalue weighted by Gasteiger charge is 2.47. The van der Waals surface area contributed by atoms with Gasteiger partial charge in [0.15, 0.2) is 31.8 Å². The van der Waals surface area contributed by atoms with Gasteiger partial charge >= 0.3 is 0 Å². The zero-order valence-electron chi connectivity index (χ0n) is 35.5. The molecule has 326 valence electrons. The number of carbonyl (C=O) groups excluding carboxylic acids is 2. The minimum atomic E-state index is -2.05. The van der Waals surface area contributed by atoms with E-state index in [1.54, 1.807) is 50.7 Å². The van der Waals surface area contributed by atoms with Crippen molar-refractivity contribution in [3.05, 3.63) is 45.5 Å². The molecule has 0 bridgehead atoms. The third-order valence-electron chi connectivity index (χ3n) is 10.6. The van der Waals surface area contributed by atoms with Crippen LogP contribution in [0.5, 0.6) is 0 Å². The first kappa shape index (κ1) is 45.8. The quantitative estimate of drug-likeness (QED) is 0.0995. The second kappa shape index (κ2) is 19.0. The van der Waals surface area contributed by atoms with Crippen molar-refractivity contribution < 1.29 is 43.2 Å². The summed E-state index contributed by atoms with van der Waals surface area (Å²) < 4.78 is 33.5. The molecule has 0 aromatic carbocycles. The highest BCUT2D eigenvalue weighted by molar-refractivity contribution is 6.74. The van der Waals surface area contributed by atoms with E-state index in [2.05, 4.69) is 71.4 Å². The van der Waals surface area contributed by atoms with Crippen molar-refractivity contribution in [1.29, 1.82) is 0 Å². The number of nitrogens with one attached hydrogen (secondary N) is 4. The van der Waals surface area contributed by atoms with Crippen LogP contribution < -0.4 is 21.8 Å². The van der Waals surface area contributed by atoms with Crippen molar-refractivity contribution in [3.63, 3.8) is 0 Å². The Morgan fingerprint density at radius 1 is 0.864 bits per heavy atom. The Morgan fingerprint density at radius 3 is 1.80 bits per heavy atom. The zero-order valence-corrected chi connectivity index (χ0v) is 36.5. The number of amides is 2. The number of nitrogens with zero attached hydrogens (tertiary/aromatic N) is 4. The van der Waals surface area contributed by atoms with Crippen molar-refractivity contribution in [3.8, 4) is 0 Å². The Morgan fingerprint density at radius 2 is 1.34 bits per heavy atom.